The van der Waals surface area contributed by atoms with Crippen LogP contribution >= 0.6 is 0 Å². The van der Waals surface area contributed by atoms with E-state index in [0.717, 1.165) is 50.5 Å². The van der Waals surface area contributed by atoms with Crippen molar-refractivity contribution in [1.29, 1.82) is 0 Å². The van der Waals surface area contributed by atoms with Crippen molar-refractivity contribution in [3.8, 4) is 56.2 Å². The van der Waals surface area contributed by atoms with Gasteiger partial charge in [-0.1, -0.05) is 152 Å². The van der Waals surface area contributed by atoms with Crippen molar-refractivity contribution in [2.24, 2.45) is 0 Å². The number of hydrogen-bond donors (Lipinski definition) is 0. The monoisotopic (exact) mass is 636 g/mol. The van der Waals surface area contributed by atoms with E-state index in [4.69, 9.17) is 14.4 Å². The number of para-hydroxylation sites is 1. The summed E-state index contributed by atoms with van der Waals surface area (Å²) in [5.41, 5.74) is 16.3. The lowest BCUT2D eigenvalue weighted by Gasteiger charge is -2.30. The Morgan fingerprint density at radius 3 is 1.64 bits per heavy atom. The van der Waals surface area contributed by atoms with Gasteiger partial charge in [-0.2, -0.15) is 0 Å². The lowest BCUT2D eigenvalue weighted by atomic mass is 9.70. The van der Waals surface area contributed by atoms with Crippen LogP contribution in [-0.2, 0) is 5.41 Å². The van der Waals surface area contributed by atoms with Crippen molar-refractivity contribution in [2.75, 3.05) is 0 Å². The molecule has 9 aromatic rings. The summed E-state index contributed by atoms with van der Waals surface area (Å²) in [5, 5.41) is 2.32. The summed E-state index contributed by atoms with van der Waals surface area (Å²) >= 11 is 0. The maximum Gasteiger partial charge on any atom is 0.161 e. The third kappa shape index (κ3) is 3.58. The number of benzene rings is 7. The van der Waals surface area contributed by atoms with E-state index in [2.05, 4.69) is 152 Å². The molecule has 50 heavy (non-hydrogen) atoms. The Kier molecular flexibility index (Phi) is 5.59. The SMILES string of the molecule is c1ccc(-c2cc(-c3ccccc3)nc(-c3cccc4c3-c3ccccc3C43c4ccccc4-c4c3ccc3oc5ccccc5c43)n2)cc1. The van der Waals surface area contributed by atoms with Crippen molar-refractivity contribution in [1.82, 2.24) is 9.97 Å². The topological polar surface area (TPSA) is 38.9 Å². The molecule has 2 heterocycles. The lowest BCUT2D eigenvalue weighted by Crippen LogP contribution is -2.25. The lowest BCUT2D eigenvalue weighted by molar-refractivity contribution is 0.668. The fourth-order valence-electron chi connectivity index (χ4n) is 8.76. The molecule has 0 fully saturated rings. The molecule has 0 aliphatic heterocycles. The number of rotatable bonds is 3. The molecule has 0 N–H and O–H groups in total. The molecule has 2 aliphatic carbocycles. The molecule has 1 spiro atoms. The summed E-state index contributed by atoms with van der Waals surface area (Å²) in [7, 11) is 0. The van der Waals surface area contributed by atoms with Gasteiger partial charge >= 0.3 is 0 Å². The zero-order valence-electron chi connectivity index (χ0n) is 27.0. The molecule has 0 saturated carbocycles. The van der Waals surface area contributed by atoms with Crippen molar-refractivity contribution in [2.45, 2.75) is 5.41 Å². The molecule has 0 saturated heterocycles. The van der Waals surface area contributed by atoms with Crippen LogP contribution in [0.1, 0.15) is 22.3 Å². The first-order valence-corrected chi connectivity index (χ1v) is 17.1. The molecule has 232 valence electrons. The van der Waals surface area contributed by atoms with Gasteiger partial charge in [0.15, 0.2) is 5.82 Å². The second kappa shape index (κ2) is 10.2. The standard InChI is InChI=1S/C47H28N2O/c1-3-14-29(15-4-1)39-28-40(30-16-5-2-6-17-30)49-46(48-39)34-21-13-24-37-43(34)31-18-7-10-22-35(31)47(37)36-23-11-8-19-32(36)44-38(47)26-27-42-45(44)33-20-9-12-25-41(33)50-42/h1-28H. The quantitative estimate of drug-likeness (QED) is 0.194. The Morgan fingerprint density at radius 2 is 0.940 bits per heavy atom. The predicted molar refractivity (Wildman–Crippen MR) is 202 cm³/mol. The zero-order valence-corrected chi connectivity index (χ0v) is 27.0. The highest BCUT2D eigenvalue weighted by molar-refractivity contribution is 6.16. The summed E-state index contributed by atoms with van der Waals surface area (Å²) in [6.45, 7) is 0. The Morgan fingerprint density at radius 1 is 0.400 bits per heavy atom. The molecule has 11 rings (SSSR count). The Balaban J connectivity index is 1.24. The van der Waals surface area contributed by atoms with E-state index < -0.39 is 5.41 Å². The van der Waals surface area contributed by atoms with Crippen molar-refractivity contribution in [3.05, 3.63) is 192 Å². The summed E-state index contributed by atoms with van der Waals surface area (Å²) in [6, 6.07) is 60.4. The second-order valence-corrected chi connectivity index (χ2v) is 13.2. The normalized spacial score (nSPS) is 15.3. The summed E-state index contributed by atoms with van der Waals surface area (Å²) < 4.78 is 6.44. The van der Waals surface area contributed by atoms with Gasteiger partial charge in [-0.3, -0.25) is 0 Å². The van der Waals surface area contributed by atoms with E-state index in [0.29, 0.717) is 0 Å². The highest BCUT2D eigenvalue weighted by Crippen LogP contribution is 2.65. The third-order valence-corrected chi connectivity index (χ3v) is 10.7. The van der Waals surface area contributed by atoms with Crippen molar-refractivity contribution in [3.63, 3.8) is 0 Å². The predicted octanol–water partition coefficient (Wildman–Crippen LogP) is 11.7. The van der Waals surface area contributed by atoms with E-state index in [-0.39, 0.29) is 0 Å². The summed E-state index contributed by atoms with van der Waals surface area (Å²) in [5.74, 6) is 0.719. The molecule has 2 aliphatic rings. The van der Waals surface area contributed by atoms with Gasteiger partial charge in [0.1, 0.15) is 11.2 Å². The molecule has 1 atom stereocenters. The molecular formula is C47H28N2O. The molecular weight excluding hydrogens is 609 g/mol. The largest absolute Gasteiger partial charge is 0.456 e. The number of aromatic nitrogens is 2. The van der Waals surface area contributed by atoms with E-state index in [1.54, 1.807) is 0 Å². The maximum absolute atomic E-state index is 6.44. The van der Waals surface area contributed by atoms with E-state index in [1.807, 2.05) is 18.2 Å². The fourth-order valence-corrected chi connectivity index (χ4v) is 8.76. The number of hydrogen-bond acceptors (Lipinski definition) is 3. The van der Waals surface area contributed by atoms with Crippen LogP contribution in [0.4, 0.5) is 0 Å². The van der Waals surface area contributed by atoms with Gasteiger partial charge in [0.2, 0.25) is 0 Å². The average Bonchev–Trinajstić information content (AvgIpc) is 3.82. The van der Waals surface area contributed by atoms with Crippen molar-refractivity contribution < 1.29 is 4.42 Å². The van der Waals surface area contributed by atoms with Crippen LogP contribution in [0.5, 0.6) is 0 Å². The molecule has 0 bridgehead atoms. The average molecular weight is 637 g/mol. The Labute approximate surface area is 289 Å². The molecule has 2 aromatic heterocycles. The minimum absolute atomic E-state index is 0.514. The van der Waals surface area contributed by atoms with Gasteiger partial charge < -0.3 is 4.42 Å². The van der Waals surface area contributed by atoms with E-state index >= 15 is 0 Å². The molecule has 3 nitrogen and oxygen atoms in total. The molecule has 0 radical (unpaired) electrons. The molecule has 3 heteroatoms. The zero-order chi connectivity index (χ0) is 32.8. The van der Waals surface area contributed by atoms with Crippen LogP contribution < -0.4 is 0 Å². The van der Waals surface area contributed by atoms with Crippen LogP contribution in [0.25, 0.3) is 78.1 Å². The first kappa shape index (κ1) is 27.4. The van der Waals surface area contributed by atoms with Crippen LogP contribution in [-0.4, -0.2) is 9.97 Å². The van der Waals surface area contributed by atoms with Gasteiger partial charge in [-0.05, 0) is 62.7 Å². The van der Waals surface area contributed by atoms with Crippen LogP contribution in [0.2, 0.25) is 0 Å². The van der Waals surface area contributed by atoms with Gasteiger partial charge in [0, 0.05) is 27.5 Å². The molecule has 7 aromatic carbocycles. The van der Waals surface area contributed by atoms with Crippen LogP contribution in [0.15, 0.2) is 174 Å². The number of fused-ring (bicyclic) bond motifs is 14. The van der Waals surface area contributed by atoms with Gasteiger partial charge in [-0.15, -0.1) is 0 Å². The molecule has 1 unspecified atom stereocenters. The summed E-state index contributed by atoms with van der Waals surface area (Å²) in [6.07, 6.45) is 0. The van der Waals surface area contributed by atoms with E-state index in [1.165, 1.54) is 49.9 Å². The maximum atomic E-state index is 6.44. The highest BCUT2D eigenvalue weighted by Gasteiger charge is 2.52. The smallest absolute Gasteiger partial charge is 0.161 e. The van der Waals surface area contributed by atoms with Crippen LogP contribution in [0, 0.1) is 0 Å². The van der Waals surface area contributed by atoms with Crippen molar-refractivity contribution >= 4 is 21.9 Å². The van der Waals surface area contributed by atoms with E-state index in [9.17, 15) is 0 Å². The molecule has 0 amide bonds. The fraction of sp³-hybridized carbons (Fsp3) is 0.0213. The highest BCUT2D eigenvalue weighted by atomic mass is 16.3. The van der Waals surface area contributed by atoms with Gasteiger partial charge in [0.25, 0.3) is 0 Å². The van der Waals surface area contributed by atoms with Gasteiger partial charge in [-0.25, -0.2) is 9.97 Å². The van der Waals surface area contributed by atoms with Crippen LogP contribution in [0.3, 0.4) is 0 Å². The minimum Gasteiger partial charge on any atom is -0.456 e. The number of furan rings is 1. The Bertz CT molecular complexity index is 2760. The first-order valence-electron chi connectivity index (χ1n) is 17.1. The minimum atomic E-state index is -0.514. The second-order valence-electron chi connectivity index (χ2n) is 13.2. The summed E-state index contributed by atoms with van der Waals surface area (Å²) in [4.78, 5) is 10.6. The van der Waals surface area contributed by atoms with Gasteiger partial charge in [0.05, 0.1) is 16.8 Å². The third-order valence-electron chi connectivity index (χ3n) is 10.7. The number of nitrogens with zero attached hydrogens (tertiary/aromatic N) is 2. The Hall–Kier alpha value is -6.58. The first-order chi connectivity index (χ1) is 24.8.